The van der Waals surface area contributed by atoms with Crippen molar-refractivity contribution in [2.75, 3.05) is 18.0 Å². The standard InChI is InChI=1S/C36H38N2O3/c1-9-37-29-17-31-27(15-25(29)21(3)19-35(37,5)6)33(23-13-11-12-14-24(23)34(39)40)28-16-26-22(4)20-36(7,8)38(10-2)30(26)18-32(28)41-31/h11-20H,9-10H2,1-8H3. The summed E-state index contributed by atoms with van der Waals surface area (Å²) in [5, 5.41) is 14.4. The summed E-state index contributed by atoms with van der Waals surface area (Å²) in [6, 6.07) is 15.8. The molecule has 0 fully saturated rings. The van der Waals surface area contributed by atoms with Gasteiger partial charge in [-0.1, -0.05) is 30.3 Å². The number of benzene rings is 3. The van der Waals surface area contributed by atoms with Gasteiger partial charge in [0.05, 0.1) is 17.6 Å². The van der Waals surface area contributed by atoms with Crippen molar-refractivity contribution >= 4 is 28.4 Å². The highest BCUT2D eigenvalue weighted by atomic mass is 16.5. The molecule has 3 aromatic rings. The molecule has 3 heterocycles. The van der Waals surface area contributed by atoms with Gasteiger partial charge in [-0.25, -0.2) is 4.58 Å². The summed E-state index contributed by atoms with van der Waals surface area (Å²) >= 11 is 0. The number of carbonyl (C=O) groups excluding carboxylic acids is 1. The molecule has 0 unspecified atom stereocenters. The van der Waals surface area contributed by atoms with Gasteiger partial charge in [-0.15, -0.1) is 0 Å². The molecule has 210 valence electrons. The van der Waals surface area contributed by atoms with Crippen LogP contribution in [0.3, 0.4) is 0 Å². The van der Waals surface area contributed by atoms with Crippen LogP contribution < -0.4 is 29.9 Å². The second-order valence-electron chi connectivity index (χ2n) is 12.5. The first-order chi connectivity index (χ1) is 19.4. The minimum absolute atomic E-state index is 0.142. The van der Waals surface area contributed by atoms with Gasteiger partial charge in [0.25, 0.3) is 0 Å². The van der Waals surface area contributed by atoms with E-state index >= 15 is 0 Å². The van der Waals surface area contributed by atoms with Crippen molar-refractivity contribution in [2.45, 2.75) is 66.5 Å². The number of fused-ring (bicyclic) bond motifs is 4. The number of carboxylic acid groups (broad SMARTS) is 1. The van der Waals surface area contributed by atoms with Crippen LogP contribution in [0.2, 0.25) is 0 Å². The molecule has 0 bridgehead atoms. The van der Waals surface area contributed by atoms with Gasteiger partial charge in [-0.2, -0.15) is 0 Å². The Hall–Kier alpha value is -4.12. The lowest BCUT2D eigenvalue weighted by Crippen LogP contribution is -2.49. The molecule has 0 atom stereocenters. The van der Waals surface area contributed by atoms with Gasteiger partial charge in [0, 0.05) is 65.2 Å². The minimum atomic E-state index is -1.19. The molecule has 3 aromatic carbocycles. The van der Waals surface area contributed by atoms with Gasteiger partial charge in [-0.3, -0.25) is 0 Å². The van der Waals surface area contributed by atoms with Gasteiger partial charge < -0.3 is 19.5 Å². The van der Waals surface area contributed by atoms with Gasteiger partial charge >= 0.3 is 0 Å². The minimum Gasteiger partial charge on any atom is -0.545 e. The molecule has 0 saturated carbocycles. The second-order valence-corrected chi connectivity index (χ2v) is 12.5. The first kappa shape index (κ1) is 27.1. The Balaban J connectivity index is 1.77. The average Bonchev–Trinajstić information content (AvgIpc) is 2.89. The second kappa shape index (κ2) is 9.20. The van der Waals surface area contributed by atoms with Crippen molar-refractivity contribution in [1.82, 2.24) is 4.58 Å². The summed E-state index contributed by atoms with van der Waals surface area (Å²) in [4.78, 5) is 14.8. The number of aromatic carboxylic acids is 1. The highest BCUT2D eigenvalue weighted by molar-refractivity contribution is 5.99. The predicted molar refractivity (Wildman–Crippen MR) is 165 cm³/mol. The van der Waals surface area contributed by atoms with E-state index in [2.05, 4.69) is 101 Å². The maximum Gasteiger partial charge on any atom is 0.211 e. The largest absolute Gasteiger partial charge is 0.545 e. The number of hydrogen-bond donors (Lipinski definition) is 0. The molecular weight excluding hydrogens is 508 g/mol. The molecule has 0 aliphatic carbocycles. The van der Waals surface area contributed by atoms with Crippen LogP contribution >= 0.6 is 0 Å². The topological polar surface area (TPSA) is 55.6 Å². The Labute approximate surface area is 242 Å². The highest BCUT2D eigenvalue weighted by Crippen LogP contribution is 2.46. The summed E-state index contributed by atoms with van der Waals surface area (Å²) < 4.78 is 9.17. The van der Waals surface area contributed by atoms with Crippen LogP contribution in [-0.2, 0) is 0 Å². The fourth-order valence-corrected chi connectivity index (χ4v) is 7.36. The number of ether oxygens (including phenoxy) is 1. The summed E-state index contributed by atoms with van der Waals surface area (Å²) in [7, 11) is 0. The molecule has 6 rings (SSSR count). The Morgan fingerprint density at radius 1 is 0.878 bits per heavy atom. The lowest BCUT2D eigenvalue weighted by atomic mass is 9.83. The van der Waals surface area contributed by atoms with Crippen LogP contribution in [0.4, 0.5) is 5.69 Å². The molecule has 0 N–H and O–H groups in total. The van der Waals surface area contributed by atoms with Crippen LogP contribution in [0.25, 0.3) is 16.7 Å². The number of allylic oxidation sites excluding steroid dienone is 2. The summed E-state index contributed by atoms with van der Waals surface area (Å²) in [6.07, 6.45) is 4.62. The Morgan fingerprint density at radius 3 is 2.27 bits per heavy atom. The lowest BCUT2D eigenvalue weighted by Gasteiger charge is -2.43. The Kier molecular flexibility index (Phi) is 6.07. The van der Waals surface area contributed by atoms with Crippen molar-refractivity contribution in [3.05, 3.63) is 99.1 Å². The van der Waals surface area contributed by atoms with Gasteiger partial charge in [0.2, 0.25) is 5.36 Å². The van der Waals surface area contributed by atoms with E-state index in [9.17, 15) is 9.90 Å². The van der Waals surface area contributed by atoms with Crippen molar-refractivity contribution in [3.63, 3.8) is 0 Å². The van der Waals surface area contributed by atoms with Crippen molar-refractivity contribution in [2.24, 2.45) is 0 Å². The van der Waals surface area contributed by atoms with Gasteiger partial charge in [0.15, 0.2) is 5.54 Å². The van der Waals surface area contributed by atoms with Gasteiger partial charge in [-0.05, 0) is 76.5 Å². The Morgan fingerprint density at radius 2 is 1.59 bits per heavy atom. The molecule has 3 aliphatic rings. The van der Waals surface area contributed by atoms with Crippen molar-refractivity contribution < 1.29 is 14.6 Å². The van der Waals surface area contributed by atoms with Crippen molar-refractivity contribution in [3.8, 4) is 11.5 Å². The van der Waals surface area contributed by atoms with E-state index in [1.807, 2.05) is 12.1 Å². The smallest absolute Gasteiger partial charge is 0.211 e. The first-order valence-corrected chi connectivity index (χ1v) is 14.5. The van der Waals surface area contributed by atoms with Crippen LogP contribution in [0.15, 0.2) is 60.7 Å². The zero-order valence-electron chi connectivity index (χ0n) is 25.3. The summed E-state index contributed by atoms with van der Waals surface area (Å²) in [5.74, 6) is 0.269. The van der Waals surface area contributed by atoms with E-state index in [-0.39, 0.29) is 16.6 Å². The molecule has 0 aromatic heterocycles. The number of carboxylic acids is 1. The van der Waals surface area contributed by atoms with E-state index in [0.29, 0.717) is 5.56 Å². The van der Waals surface area contributed by atoms with E-state index in [1.165, 1.54) is 11.1 Å². The maximum absolute atomic E-state index is 12.4. The van der Waals surface area contributed by atoms with Crippen LogP contribution in [-0.4, -0.2) is 30.1 Å². The van der Waals surface area contributed by atoms with E-state index in [0.717, 1.165) is 63.1 Å². The third-order valence-electron chi connectivity index (χ3n) is 8.97. The molecule has 0 radical (unpaired) electrons. The normalized spacial score (nSPS) is 17.9. The third kappa shape index (κ3) is 4.05. The zero-order chi connectivity index (χ0) is 29.4. The SMILES string of the molecule is CCN1c2cc3c(cc2C(C)=CC1(C)C)C(c1ccccc1C(=O)[O-])=c1cc2c(cc1O3)=[N+](CC)C(C)(C)C=C2C. The number of likely N-dealkylation sites (N-methyl/N-ethyl adjacent to an activating group) is 2. The molecule has 5 heteroatoms. The third-order valence-corrected chi connectivity index (χ3v) is 8.97. The van der Waals surface area contributed by atoms with Crippen LogP contribution in [0.1, 0.15) is 88.0 Å². The lowest BCUT2D eigenvalue weighted by molar-refractivity contribution is -0.255. The average molecular weight is 547 g/mol. The predicted octanol–water partition coefficient (Wildman–Crippen LogP) is 5.13. The number of anilines is 1. The molecule has 0 amide bonds. The van der Waals surface area contributed by atoms with E-state index in [1.54, 1.807) is 12.1 Å². The van der Waals surface area contributed by atoms with Gasteiger partial charge in [0.1, 0.15) is 18.0 Å². The molecule has 0 spiro atoms. The molecule has 5 nitrogen and oxygen atoms in total. The zero-order valence-corrected chi connectivity index (χ0v) is 25.3. The highest BCUT2D eigenvalue weighted by Gasteiger charge is 2.36. The van der Waals surface area contributed by atoms with Crippen molar-refractivity contribution in [1.29, 1.82) is 0 Å². The van der Waals surface area contributed by atoms with Crippen LogP contribution in [0.5, 0.6) is 11.5 Å². The Bertz CT molecular complexity index is 1840. The maximum atomic E-state index is 12.4. The van der Waals surface area contributed by atoms with E-state index in [4.69, 9.17) is 4.74 Å². The quantitative estimate of drug-likeness (QED) is 0.333. The molecule has 3 aliphatic heterocycles. The summed E-state index contributed by atoms with van der Waals surface area (Å²) in [6.45, 7) is 19.3. The molecular formula is C36H38N2O3. The monoisotopic (exact) mass is 546 g/mol. The number of hydrogen-bond acceptors (Lipinski definition) is 4. The van der Waals surface area contributed by atoms with E-state index < -0.39 is 5.97 Å². The number of rotatable bonds is 4. The molecule has 41 heavy (non-hydrogen) atoms. The number of carbonyl (C=O) groups is 1. The fraction of sp³-hybridized carbons (Fsp3) is 0.333. The summed E-state index contributed by atoms with van der Waals surface area (Å²) in [5.41, 5.74) is 8.04. The first-order valence-electron chi connectivity index (χ1n) is 14.5. The van der Waals surface area contributed by atoms with Crippen LogP contribution in [0, 0.1) is 0 Å². The number of nitrogens with zero attached hydrogens (tertiary/aromatic N) is 2. The molecule has 0 saturated heterocycles. The fourth-order valence-electron chi connectivity index (χ4n) is 7.36.